The zero-order valence-electron chi connectivity index (χ0n) is 20.5. The Morgan fingerprint density at radius 3 is 2.56 bits per heavy atom. The molecule has 184 valence electrons. The van der Waals surface area contributed by atoms with E-state index in [-0.39, 0.29) is 36.0 Å². The summed E-state index contributed by atoms with van der Waals surface area (Å²) in [6.07, 6.45) is 6.94. The molecular formula is C29H39NO4. The highest BCUT2D eigenvalue weighted by Gasteiger charge is 2.68. The van der Waals surface area contributed by atoms with Crippen molar-refractivity contribution in [3.63, 3.8) is 0 Å². The Labute approximate surface area is 203 Å². The molecule has 1 heterocycles. The topological polar surface area (TPSA) is 86.6 Å². The molecule has 0 aromatic heterocycles. The molecule has 3 N–H and O–H groups in total. The average molecular weight is 466 g/mol. The lowest BCUT2D eigenvalue weighted by Gasteiger charge is -2.49. The minimum atomic E-state index is -1.35. The number of aliphatic hydroxyl groups excluding tert-OH is 2. The van der Waals surface area contributed by atoms with Gasteiger partial charge in [0.25, 0.3) is 0 Å². The fourth-order valence-corrected chi connectivity index (χ4v) is 6.67. The van der Waals surface area contributed by atoms with Crippen molar-refractivity contribution in [3.8, 4) is 0 Å². The van der Waals surface area contributed by atoms with Crippen LogP contribution < -0.4 is 5.32 Å². The maximum atomic E-state index is 14.0. The molecule has 1 amide bonds. The molecule has 1 saturated carbocycles. The van der Waals surface area contributed by atoms with Crippen molar-refractivity contribution in [1.82, 2.24) is 5.32 Å². The highest BCUT2D eigenvalue weighted by atomic mass is 16.3. The molecule has 1 saturated heterocycles. The van der Waals surface area contributed by atoms with Crippen LogP contribution in [0, 0.1) is 29.1 Å². The Morgan fingerprint density at radius 2 is 1.82 bits per heavy atom. The normalized spacial score (nSPS) is 39.3. The number of hydrogen-bond acceptors (Lipinski definition) is 4. The second-order valence-electron chi connectivity index (χ2n) is 10.8. The Hall–Kier alpha value is -2.24. The number of carbonyl (C=O) groups excluding carboxylic acids is 2. The van der Waals surface area contributed by atoms with E-state index in [4.69, 9.17) is 0 Å². The van der Waals surface area contributed by atoms with Crippen LogP contribution in [0.1, 0.15) is 57.9 Å². The van der Waals surface area contributed by atoms with Gasteiger partial charge in [-0.2, -0.15) is 0 Å². The maximum Gasteiger partial charge on any atom is 0.235 e. The van der Waals surface area contributed by atoms with Crippen LogP contribution in [0.3, 0.4) is 0 Å². The van der Waals surface area contributed by atoms with Gasteiger partial charge in [0.1, 0.15) is 11.2 Å². The fourth-order valence-electron chi connectivity index (χ4n) is 6.67. The largest absolute Gasteiger partial charge is 0.393 e. The minimum Gasteiger partial charge on any atom is -0.393 e. The molecule has 0 bridgehead atoms. The van der Waals surface area contributed by atoms with E-state index in [1.54, 1.807) is 0 Å². The first-order chi connectivity index (χ1) is 16.3. The first-order valence-electron chi connectivity index (χ1n) is 12.9. The van der Waals surface area contributed by atoms with Crippen molar-refractivity contribution in [1.29, 1.82) is 0 Å². The molecule has 34 heavy (non-hydrogen) atoms. The number of benzene rings is 1. The van der Waals surface area contributed by atoms with Gasteiger partial charge >= 0.3 is 0 Å². The van der Waals surface area contributed by atoms with E-state index < -0.39 is 23.5 Å². The second kappa shape index (κ2) is 10.2. The molecule has 2 aliphatic carbocycles. The molecule has 0 radical (unpaired) electrons. The van der Waals surface area contributed by atoms with Crippen molar-refractivity contribution < 1.29 is 19.8 Å². The number of ketones is 1. The molecule has 2 fully saturated rings. The average Bonchev–Trinajstić information content (AvgIpc) is 3.11. The first-order valence-corrected chi connectivity index (χ1v) is 12.9. The smallest absolute Gasteiger partial charge is 0.235 e. The van der Waals surface area contributed by atoms with Crippen molar-refractivity contribution in [2.45, 2.75) is 77.0 Å². The van der Waals surface area contributed by atoms with Gasteiger partial charge in [-0.15, -0.1) is 0 Å². The standard InChI is InChI=1S/C29H39NO4/c1-18-9-7-13-22(31)15-16-25(32)29-23(14-8-10-18)27(33)20(3)19(2)26(29)24(30-28(29)34)17-21-11-5-4-6-12-21/h4-6,8,11-12,14,18-19,22-24,26-27,31,33H,3,7,9-10,13,15-17H2,1-2H3,(H,30,34). The van der Waals surface area contributed by atoms with Crippen molar-refractivity contribution >= 4 is 11.7 Å². The predicted molar refractivity (Wildman–Crippen MR) is 133 cm³/mol. The van der Waals surface area contributed by atoms with Gasteiger partial charge in [0.15, 0.2) is 0 Å². The number of nitrogens with one attached hydrogen (secondary N) is 1. The van der Waals surface area contributed by atoms with E-state index in [0.717, 1.165) is 24.8 Å². The number of rotatable bonds is 2. The minimum absolute atomic E-state index is 0.134. The van der Waals surface area contributed by atoms with E-state index in [2.05, 4.69) is 18.8 Å². The summed E-state index contributed by atoms with van der Waals surface area (Å²) in [5.41, 5.74) is 0.435. The predicted octanol–water partition coefficient (Wildman–Crippen LogP) is 3.99. The quantitative estimate of drug-likeness (QED) is 0.455. The molecule has 3 aliphatic rings. The summed E-state index contributed by atoms with van der Waals surface area (Å²) in [6.45, 7) is 8.38. The first kappa shape index (κ1) is 24.9. The third kappa shape index (κ3) is 4.40. The summed E-state index contributed by atoms with van der Waals surface area (Å²) in [5, 5.41) is 25.0. The second-order valence-corrected chi connectivity index (χ2v) is 10.8. The Morgan fingerprint density at radius 1 is 1.09 bits per heavy atom. The van der Waals surface area contributed by atoms with Gasteiger partial charge in [-0.25, -0.2) is 0 Å². The highest BCUT2D eigenvalue weighted by Crippen LogP contribution is 2.56. The molecule has 1 aromatic carbocycles. The summed E-state index contributed by atoms with van der Waals surface area (Å²) >= 11 is 0. The Balaban J connectivity index is 1.79. The number of allylic oxidation sites excluding steroid dienone is 1. The van der Waals surface area contributed by atoms with Crippen LogP contribution in [0.15, 0.2) is 54.6 Å². The van der Waals surface area contributed by atoms with Crippen molar-refractivity contribution in [3.05, 3.63) is 60.2 Å². The Bertz CT molecular complexity index is 941. The molecule has 8 atom stereocenters. The van der Waals surface area contributed by atoms with E-state index in [9.17, 15) is 19.8 Å². The molecule has 5 nitrogen and oxygen atoms in total. The van der Waals surface area contributed by atoms with Gasteiger partial charge < -0.3 is 15.5 Å². The summed E-state index contributed by atoms with van der Waals surface area (Å²) in [5.74, 6) is -1.18. The summed E-state index contributed by atoms with van der Waals surface area (Å²) in [7, 11) is 0. The number of Topliss-reactive ketones (excluding diaryl/α,β-unsaturated/α-hetero) is 1. The molecule has 4 rings (SSSR count). The van der Waals surface area contributed by atoms with E-state index in [1.807, 2.05) is 49.4 Å². The van der Waals surface area contributed by atoms with E-state index in [0.29, 0.717) is 30.8 Å². The summed E-state index contributed by atoms with van der Waals surface area (Å²) < 4.78 is 0. The summed E-state index contributed by atoms with van der Waals surface area (Å²) in [6, 6.07) is 9.77. The molecule has 5 heteroatoms. The van der Waals surface area contributed by atoms with Gasteiger partial charge in [-0.3, -0.25) is 9.59 Å². The third-order valence-corrected chi connectivity index (χ3v) is 8.60. The molecule has 1 aromatic rings. The van der Waals surface area contributed by atoms with E-state index >= 15 is 0 Å². The van der Waals surface area contributed by atoms with Crippen LogP contribution in [-0.4, -0.2) is 40.2 Å². The molecule has 1 aliphatic heterocycles. The monoisotopic (exact) mass is 465 g/mol. The molecule has 8 unspecified atom stereocenters. The number of carbonyl (C=O) groups is 2. The third-order valence-electron chi connectivity index (χ3n) is 8.60. The van der Waals surface area contributed by atoms with Gasteiger partial charge in [-0.05, 0) is 48.7 Å². The van der Waals surface area contributed by atoms with Crippen LogP contribution in [0.5, 0.6) is 0 Å². The lowest BCUT2D eigenvalue weighted by molar-refractivity contribution is -0.152. The van der Waals surface area contributed by atoms with Gasteiger partial charge in [0.2, 0.25) is 5.91 Å². The fraction of sp³-hybridized carbons (Fsp3) is 0.586. The number of amides is 1. The SMILES string of the molecule is C=C1C(C)C2C(Cc3ccccc3)NC(=O)C23C(=O)CCC(O)CCCC(C)CC=CC3C1O. The molecule has 1 spiro atoms. The van der Waals surface area contributed by atoms with Crippen molar-refractivity contribution in [2.24, 2.45) is 29.1 Å². The lowest BCUT2D eigenvalue weighted by Crippen LogP contribution is -2.58. The maximum absolute atomic E-state index is 14.0. The van der Waals surface area contributed by atoms with Crippen LogP contribution in [0.2, 0.25) is 0 Å². The highest BCUT2D eigenvalue weighted by molar-refractivity contribution is 6.09. The number of aliphatic hydroxyl groups is 2. The van der Waals surface area contributed by atoms with Crippen LogP contribution in [-0.2, 0) is 16.0 Å². The van der Waals surface area contributed by atoms with Crippen LogP contribution in [0.25, 0.3) is 0 Å². The zero-order chi connectivity index (χ0) is 24.5. The number of hydrogen-bond donors (Lipinski definition) is 3. The Kier molecular flexibility index (Phi) is 7.44. The zero-order valence-corrected chi connectivity index (χ0v) is 20.5. The van der Waals surface area contributed by atoms with Gasteiger partial charge in [0, 0.05) is 24.3 Å². The van der Waals surface area contributed by atoms with Crippen LogP contribution >= 0.6 is 0 Å². The lowest BCUT2D eigenvalue weighted by atomic mass is 9.51. The van der Waals surface area contributed by atoms with E-state index in [1.165, 1.54) is 0 Å². The van der Waals surface area contributed by atoms with Gasteiger partial charge in [-0.1, -0.05) is 75.8 Å². The van der Waals surface area contributed by atoms with Crippen LogP contribution in [0.4, 0.5) is 0 Å². The molecular weight excluding hydrogens is 426 g/mol. The van der Waals surface area contributed by atoms with Crippen molar-refractivity contribution in [2.75, 3.05) is 0 Å². The van der Waals surface area contributed by atoms with Gasteiger partial charge in [0.05, 0.1) is 12.2 Å². The summed E-state index contributed by atoms with van der Waals surface area (Å²) in [4.78, 5) is 27.9.